The van der Waals surface area contributed by atoms with Gasteiger partial charge in [-0.1, -0.05) is 13.0 Å². The van der Waals surface area contributed by atoms with Crippen LogP contribution >= 0.6 is 11.3 Å². The first-order valence-corrected chi connectivity index (χ1v) is 9.37. The van der Waals surface area contributed by atoms with E-state index in [1.54, 1.807) is 6.07 Å². The van der Waals surface area contributed by atoms with Gasteiger partial charge >= 0.3 is 5.97 Å². The van der Waals surface area contributed by atoms with Crippen LogP contribution in [0.3, 0.4) is 0 Å². The van der Waals surface area contributed by atoms with Gasteiger partial charge in [0, 0.05) is 28.0 Å². The molecule has 0 spiro atoms. The molecule has 0 radical (unpaired) electrons. The molecule has 5 heteroatoms. The third kappa shape index (κ3) is 3.25. The van der Waals surface area contributed by atoms with E-state index in [0.29, 0.717) is 5.92 Å². The SMILES string of the molecule is CC1CC(C)(C)N(C)c2ccc(-c3ccc(/C=C(/C#N)C(=O)O)s3)cc21. The summed E-state index contributed by atoms with van der Waals surface area (Å²) in [5, 5.41) is 17.9. The van der Waals surface area contributed by atoms with Crippen molar-refractivity contribution in [2.75, 3.05) is 11.9 Å². The minimum Gasteiger partial charge on any atom is -0.477 e. The molecule has 1 atom stereocenters. The second-order valence-corrected chi connectivity index (χ2v) is 8.54. The van der Waals surface area contributed by atoms with Crippen molar-refractivity contribution in [2.24, 2.45) is 0 Å². The molecule has 26 heavy (non-hydrogen) atoms. The summed E-state index contributed by atoms with van der Waals surface area (Å²) in [6.45, 7) is 6.81. The number of nitrogens with zero attached hydrogens (tertiary/aromatic N) is 2. The van der Waals surface area contributed by atoms with Crippen LogP contribution in [0, 0.1) is 11.3 Å². The molecule has 1 aromatic heterocycles. The van der Waals surface area contributed by atoms with Crippen molar-refractivity contribution in [3.05, 3.63) is 46.3 Å². The normalized spacial score (nSPS) is 19.0. The summed E-state index contributed by atoms with van der Waals surface area (Å²) >= 11 is 1.50. The molecule has 1 aliphatic rings. The number of benzene rings is 1. The Kier molecular flexibility index (Phi) is 4.64. The summed E-state index contributed by atoms with van der Waals surface area (Å²) in [5.41, 5.74) is 3.63. The summed E-state index contributed by atoms with van der Waals surface area (Å²) < 4.78 is 0. The van der Waals surface area contributed by atoms with Gasteiger partial charge in [-0.05, 0) is 67.7 Å². The van der Waals surface area contributed by atoms with Gasteiger partial charge in [0.1, 0.15) is 11.6 Å². The average Bonchev–Trinajstić information content (AvgIpc) is 3.05. The van der Waals surface area contributed by atoms with Crippen molar-refractivity contribution < 1.29 is 9.90 Å². The Bertz CT molecular complexity index is 934. The van der Waals surface area contributed by atoms with Gasteiger partial charge in [-0.3, -0.25) is 0 Å². The van der Waals surface area contributed by atoms with Gasteiger partial charge in [-0.25, -0.2) is 4.79 Å². The maximum Gasteiger partial charge on any atom is 0.346 e. The van der Waals surface area contributed by atoms with E-state index in [9.17, 15) is 4.79 Å². The molecule has 0 amide bonds. The minimum atomic E-state index is -1.20. The summed E-state index contributed by atoms with van der Waals surface area (Å²) in [5.74, 6) is -0.719. The molecule has 134 valence electrons. The number of hydrogen-bond acceptors (Lipinski definition) is 4. The number of aliphatic carboxylic acids is 1. The predicted molar refractivity (Wildman–Crippen MR) is 106 cm³/mol. The van der Waals surface area contributed by atoms with Crippen LogP contribution in [0.1, 0.15) is 43.6 Å². The lowest BCUT2D eigenvalue weighted by molar-refractivity contribution is -0.132. The maximum atomic E-state index is 11.0. The van der Waals surface area contributed by atoms with Gasteiger partial charge in [0.15, 0.2) is 0 Å². The van der Waals surface area contributed by atoms with Crippen molar-refractivity contribution in [1.82, 2.24) is 0 Å². The largest absolute Gasteiger partial charge is 0.477 e. The molecular weight excluding hydrogens is 344 g/mol. The van der Waals surface area contributed by atoms with Crippen molar-refractivity contribution in [3.8, 4) is 16.5 Å². The van der Waals surface area contributed by atoms with Crippen LogP contribution in [-0.2, 0) is 4.79 Å². The molecule has 2 heterocycles. The number of rotatable bonds is 3. The molecule has 0 bridgehead atoms. The molecule has 2 aromatic rings. The van der Waals surface area contributed by atoms with Crippen LogP contribution in [-0.4, -0.2) is 23.7 Å². The Morgan fingerprint density at radius 3 is 2.77 bits per heavy atom. The van der Waals surface area contributed by atoms with Gasteiger partial charge in [0.05, 0.1) is 0 Å². The fourth-order valence-electron chi connectivity index (χ4n) is 3.60. The van der Waals surface area contributed by atoms with Crippen LogP contribution in [0.15, 0.2) is 35.9 Å². The molecule has 0 saturated carbocycles. The van der Waals surface area contributed by atoms with E-state index in [-0.39, 0.29) is 11.1 Å². The fourth-order valence-corrected chi connectivity index (χ4v) is 4.55. The number of fused-ring (bicyclic) bond motifs is 1. The Morgan fingerprint density at radius 1 is 1.38 bits per heavy atom. The van der Waals surface area contributed by atoms with Gasteiger partial charge in [0.25, 0.3) is 0 Å². The smallest absolute Gasteiger partial charge is 0.346 e. The minimum absolute atomic E-state index is 0.138. The molecular formula is C21H22N2O2S. The first-order chi connectivity index (χ1) is 12.2. The van der Waals surface area contributed by atoms with Gasteiger partial charge in [0.2, 0.25) is 0 Å². The number of carboxylic acids is 1. The standard InChI is InChI=1S/C21H22N2O2S/c1-13-11-21(2,3)23(4)18-7-5-14(10-17(13)18)19-8-6-16(26-19)9-15(12-22)20(24)25/h5-10,13H,11H2,1-4H3,(H,24,25)/b15-9-. The van der Waals surface area contributed by atoms with Crippen LogP contribution in [0.2, 0.25) is 0 Å². The Morgan fingerprint density at radius 2 is 2.12 bits per heavy atom. The Labute approximate surface area is 158 Å². The monoisotopic (exact) mass is 366 g/mol. The number of nitriles is 1. The highest BCUT2D eigenvalue weighted by Gasteiger charge is 2.34. The highest BCUT2D eigenvalue weighted by Crippen LogP contribution is 2.44. The highest BCUT2D eigenvalue weighted by molar-refractivity contribution is 7.16. The molecule has 0 saturated heterocycles. The zero-order valence-electron chi connectivity index (χ0n) is 15.4. The van der Waals surface area contributed by atoms with Gasteiger partial charge in [-0.2, -0.15) is 5.26 Å². The molecule has 3 rings (SSSR count). The predicted octanol–water partition coefficient (Wildman–Crippen LogP) is 5.13. The lowest BCUT2D eigenvalue weighted by Crippen LogP contribution is -2.45. The molecule has 0 fully saturated rings. The maximum absolute atomic E-state index is 11.0. The number of anilines is 1. The number of carboxylic acid groups (broad SMARTS) is 1. The van der Waals surface area contributed by atoms with E-state index >= 15 is 0 Å². The Hall–Kier alpha value is -2.58. The van der Waals surface area contributed by atoms with Gasteiger partial charge < -0.3 is 10.0 Å². The fraction of sp³-hybridized carbons (Fsp3) is 0.333. The molecule has 1 aromatic carbocycles. The highest BCUT2D eigenvalue weighted by atomic mass is 32.1. The summed E-state index contributed by atoms with van der Waals surface area (Å²) in [7, 11) is 2.15. The summed E-state index contributed by atoms with van der Waals surface area (Å²) in [6.07, 6.45) is 2.52. The quantitative estimate of drug-likeness (QED) is 0.604. The summed E-state index contributed by atoms with van der Waals surface area (Å²) in [4.78, 5) is 15.2. The van der Waals surface area contributed by atoms with E-state index in [1.807, 2.05) is 12.1 Å². The first kappa shape index (κ1) is 18.2. The number of carbonyl (C=O) groups is 1. The topological polar surface area (TPSA) is 64.3 Å². The van der Waals surface area contributed by atoms with Crippen LogP contribution in [0.25, 0.3) is 16.5 Å². The van der Waals surface area contributed by atoms with Crippen LogP contribution < -0.4 is 4.90 Å². The number of thiophene rings is 1. The zero-order valence-corrected chi connectivity index (χ0v) is 16.2. The summed E-state index contributed by atoms with van der Waals surface area (Å²) in [6, 6.07) is 12.1. The first-order valence-electron chi connectivity index (χ1n) is 8.56. The lowest BCUT2D eigenvalue weighted by Gasteiger charge is -2.45. The van der Waals surface area contributed by atoms with Crippen molar-refractivity contribution in [1.29, 1.82) is 5.26 Å². The molecule has 1 N–H and O–H groups in total. The van der Waals surface area contributed by atoms with Gasteiger partial charge in [-0.15, -0.1) is 11.3 Å². The molecule has 1 aliphatic heterocycles. The van der Waals surface area contributed by atoms with E-state index in [4.69, 9.17) is 10.4 Å². The third-order valence-electron chi connectivity index (χ3n) is 5.18. The number of hydrogen-bond donors (Lipinski definition) is 1. The molecule has 1 unspecified atom stereocenters. The Balaban J connectivity index is 1.97. The van der Waals surface area contributed by atoms with Crippen molar-refractivity contribution in [3.63, 3.8) is 0 Å². The van der Waals surface area contributed by atoms with E-state index in [2.05, 4.69) is 50.9 Å². The van der Waals surface area contributed by atoms with Crippen LogP contribution in [0.4, 0.5) is 5.69 Å². The van der Waals surface area contributed by atoms with Crippen LogP contribution in [0.5, 0.6) is 0 Å². The lowest BCUT2D eigenvalue weighted by atomic mass is 9.80. The zero-order chi connectivity index (χ0) is 19.1. The molecule has 0 aliphatic carbocycles. The van der Waals surface area contributed by atoms with E-state index in [1.165, 1.54) is 28.7 Å². The van der Waals surface area contributed by atoms with Crippen molar-refractivity contribution >= 4 is 29.1 Å². The van der Waals surface area contributed by atoms with E-state index < -0.39 is 5.97 Å². The molecule has 4 nitrogen and oxygen atoms in total. The third-order valence-corrected chi connectivity index (χ3v) is 6.26. The van der Waals surface area contributed by atoms with Crippen molar-refractivity contribution in [2.45, 2.75) is 38.6 Å². The second-order valence-electron chi connectivity index (χ2n) is 7.43. The second kappa shape index (κ2) is 6.62. The average molecular weight is 366 g/mol. The van der Waals surface area contributed by atoms with E-state index in [0.717, 1.165) is 21.7 Å².